The highest BCUT2D eigenvalue weighted by Crippen LogP contribution is 2.13. The van der Waals surface area contributed by atoms with Crippen LogP contribution in [0.25, 0.3) is 0 Å². The number of nitrogens with zero attached hydrogens (tertiary/aromatic N) is 2. The van der Waals surface area contributed by atoms with Crippen molar-refractivity contribution in [1.82, 2.24) is 9.78 Å². The largest absolute Gasteiger partial charge is 0.396 e. The maximum Gasteiger partial charge on any atom is 0.0628 e. The number of aliphatic hydroxyl groups excluding tert-OH is 1. The molecule has 0 aliphatic heterocycles. The zero-order valence-corrected chi connectivity index (χ0v) is 9.82. The van der Waals surface area contributed by atoms with E-state index in [0.717, 1.165) is 12.1 Å². The summed E-state index contributed by atoms with van der Waals surface area (Å²) < 4.78 is 1.95. The minimum atomic E-state index is -0.0160. The molecule has 86 valence electrons. The van der Waals surface area contributed by atoms with Gasteiger partial charge in [-0.2, -0.15) is 5.10 Å². The fraction of sp³-hybridized carbons (Fsp3) is 0.727. The highest BCUT2D eigenvalue weighted by atomic mass is 16.3. The molecule has 3 N–H and O–H groups in total. The fourth-order valence-corrected chi connectivity index (χ4v) is 1.90. The quantitative estimate of drug-likeness (QED) is 0.756. The van der Waals surface area contributed by atoms with Crippen molar-refractivity contribution in [2.45, 2.75) is 46.2 Å². The molecule has 1 heterocycles. The number of aromatic nitrogens is 2. The van der Waals surface area contributed by atoms with Gasteiger partial charge in [-0.3, -0.25) is 4.68 Å². The van der Waals surface area contributed by atoms with Crippen LogP contribution in [0.2, 0.25) is 0 Å². The molecule has 0 amide bonds. The number of aryl methyl sites for hydroxylation is 1. The van der Waals surface area contributed by atoms with E-state index in [0.29, 0.717) is 13.0 Å². The predicted molar refractivity (Wildman–Crippen MR) is 60.8 cm³/mol. The third-order valence-corrected chi connectivity index (χ3v) is 2.79. The van der Waals surface area contributed by atoms with Crippen molar-refractivity contribution in [2.75, 3.05) is 6.61 Å². The molecule has 0 aromatic carbocycles. The smallest absolute Gasteiger partial charge is 0.0628 e. The van der Waals surface area contributed by atoms with Crippen molar-refractivity contribution in [2.24, 2.45) is 5.73 Å². The number of rotatable bonds is 5. The highest BCUT2D eigenvalue weighted by molar-refractivity contribution is 5.24. The van der Waals surface area contributed by atoms with Crippen LogP contribution in [0, 0.1) is 13.8 Å². The molecule has 0 bridgehead atoms. The number of aliphatic hydroxyl groups is 1. The lowest BCUT2D eigenvalue weighted by Crippen LogP contribution is -2.28. The van der Waals surface area contributed by atoms with Crippen LogP contribution in [0.1, 0.15) is 30.3 Å². The lowest BCUT2D eigenvalue weighted by Gasteiger charge is -2.11. The molecular weight excluding hydrogens is 190 g/mol. The summed E-state index contributed by atoms with van der Waals surface area (Å²) in [5.74, 6) is 0. The Kier molecular flexibility index (Phi) is 4.29. The van der Waals surface area contributed by atoms with Gasteiger partial charge in [-0.05, 0) is 32.3 Å². The first-order valence-corrected chi connectivity index (χ1v) is 5.49. The maximum atomic E-state index is 8.78. The molecule has 0 radical (unpaired) electrons. The molecule has 1 atom stereocenters. The summed E-state index contributed by atoms with van der Waals surface area (Å²) in [6, 6.07) is -0.0160. The third-order valence-electron chi connectivity index (χ3n) is 2.79. The lowest BCUT2D eigenvalue weighted by atomic mass is 10.1. The third kappa shape index (κ3) is 2.79. The Morgan fingerprint density at radius 2 is 2.13 bits per heavy atom. The van der Waals surface area contributed by atoms with Gasteiger partial charge < -0.3 is 10.8 Å². The molecule has 0 fully saturated rings. The summed E-state index contributed by atoms with van der Waals surface area (Å²) in [4.78, 5) is 0. The molecule has 0 spiro atoms. The topological polar surface area (TPSA) is 64.1 Å². The minimum absolute atomic E-state index is 0.0160. The Hall–Kier alpha value is -0.870. The SMILES string of the molecule is CCc1c(C)nn(CC(N)CCO)c1C. The van der Waals surface area contributed by atoms with Crippen LogP contribution in [-0.4, -0.2) is 27.5 Å². The zero-order valence-electron chi connectivity index (χ0n) is 9.82. The Morgan fingerprint density at radius 3 is 2.60 bits per heavy atom. The Morgan fingerprint density at radius 1 is 1.47 bits per heavy atom. The van der Waals surface area contributed by atoms with E-state index in [2.05, 4.69) is 18.9 Å². The van der Waals surface area contributed by atoms with Gasteiger partial charge in [0.1, 0.15) is 0 Å². The van der Waals surface area contributed by atoms with Gasteiger partial charge in [-0.25, -0.2) is 0 Å². The van der Waals surface area contributed by atoms with Gasteiger partial charge in [0.25, 0.3) is 0 Å². The second-order valence-corrected chi connectivity index (χ2v) is 3.96. The summed E-state index contributed by atoms with van der Waals surface area (Å²) in [6.07, 6.45) is 1.63. The van der Waals surface area contributed by atoms with Crippen molar-refractivity contribution in [3.63, 3.8) is 0 Å². The van der Waals surface area contributed by atoms with Crippen molar-refractivity contribution in [1.29, 1.82) is 0 Å². The summed E-state index contributed by atoms with van der Waals surface area (Å²) >= 11 is 0. The minimum Gasteiger partial charge on any atom is -0.396 e. The van der Waals surface area contributed by atoms with Gasteiger partial charge in [0.05, 0.1) is 12.2 Å². The van der Waals surface area contributed by atoms with Crippen molar-refractivity contribution >= 4 is 0 Å². The van der Waals surface area contributed by atoms with E-state index in [1.165, 1.54) is 11.3 Å². The molecule has 1 aromatic rings. The average molecular weight is 211 g/mol. The van der Waals surface area contributed by atoms with Crippen LogP contribution in [-0.2, 0) is 13.0 Å². The van der Waals surface area contributed by atoms with Crippen molar-refractivity contribution in [3.8, 4) is 0 Å². The Bertz CT molecular complexity index is 320. The summed E-state index contributed by atoms with van der Waals surface area (Å²) in [7, 11) is 0. The molecule has 0 aliphatic rings. The molecule has 4 nitrogen and oxygen atoms in total. The number of nitrogens with two attached hydrogens (primary N) is 1. The summed E-state index contributed by atoms with van der Waals surface area (Å²) in [5.41, 5.74) is 9.46. The standard InChI is InChI=1S/C11H21N3O/c1-4-11-8(2)13-14(9(11)3)7-10(12)5-6-15/h10,15H,4-7,12H2,1-3H3. The monoisotopic (exact) mass is 211 g/mol. The van der Waals surface area contributed by atoms with E-state index in [-0.39, 0.29) is 12.6 Å². The molecule has 1 rings (SSSR count). The number of hydrogen-bond donors (Lipinski definition) is 2. The molecule has 0 saturated carbocycles. The molecule has 1 unspecified atom stereocenters. The van der Waals surface area contributed by atoms with Gasteiger partial charge >= 0.3 is 0 Å². The molecule has 1 aromatic heterocycles. The van der Waals surface area contributed by atoms with Crippen molar-refractivity contribution in [3.05, 3.63) is 17.0 Å². The van der Waals surface area contributed by atoms with Crippen LogP contribution in [0.4, 0.5) is 0 Å². The van der Waals surface area contributed by atoms with Gasteiger partial charge in [-0.1, -0.05) is 6.92 Å². The van der Waals surface area contributed by atoms with E-state index in [1.54, 1.807) is 0 Å². The first-order chi connectivity index (χ1) is 7.10. The Balaban J connectivity index is 2.77. The Labute approximate surface area is 91.1 Å². The maximum absolute atomic E-state index is 8.78. The molecule has 0 aliphatic carbocycles. The van der Waals surface area contributed by atoms with Crippen LogP contribution in [0.5, 0.6) is 0 Å². The second kappa shape index (κ2) is 5.28. The second-order valence-electron chi connectivity index (χ2n) is 3.96. The lowest BCUT2D eigenvalue weighted by molar-refractivity contribution is 0.268. The summed E-state index contributed by atoms with van der Waals surface area (Å²) in [5, 5.41) is 13.2. The van der Waals surface area contributed by atoms with Crippen LogP contribution in [0.3, 0.4) is 0 Å². The number of hydrogen-bond acceptors (Lipinski definition) is 3. The molecule has 0 saturated heterocycles. The van der Waals surface area contributed by atoms with Gasteiger partial charge in [0.15, 0.2) is 0 Å². The van der Waals surface area contributed by atoms with Crippen LogP contribution < -0.4 is 5.73 Å². The van der Waals surface area contributed by atoms with Gasteiger partial charge in [0, 0.05) is 18.3 Å². The normalized spacial score (nSPS) is 13.1. The van der Waals surface area contributed by atoms with E-state index in [1.807, 2.05) is 11.6 Å². The molecular formula is C11H21N3O. The highest BCUT2D eigenvalue weighted by Gasteiger charge is 2.11. The fourth-order valence-electron chi connectivity index (χ4n) is 1.90. The average Bonchev–Trinajstić information content (AvgIpc) is 2.42. The first-order valence-electron chi connectivity index (χ1n) is 5.49. The van der Waals surface area contributed by atoms with E-state index in [9.17, 15) is 0 Å². The van der Waals surface area contributed by atoms with E-state index < -0.39 is 0 Å². The first kappa shape index (κ1) is 12.2. The predicted octanol–water partition coefficient (Wildman–Crippen LogP) is 0.772. The van der Waals surface area contributed by atoms with E-state index >= 15 is 0 Å². The zero-order chi connectivity index (χ0) is 11.4. The van der Waals surface area contributed by atoms with E-state index in [4.69, 9.17) is 10.8 Å². The molecule has 15 heavy (non-hydrogen) atoms. The summed E-state index contributed by atoms with van der Waals surface area (Å²) in [6.45, 7) is 7.06. The molecule has 4 heteroatoms. The van der Waals surface area contributed by atoms with Crippen molar-refractivity contribution < 1.29 is 5.11 Å². The van der Waals surface area contributed by atoms with Crippen LogP contribution in [0.15, 0.2) is 0 Å². The van der Waals surface area contributed by atoms with Crippen LogP contribution >= 0.6 is 0 Å². The van der Waals surface area contributed by atoms with Gasteiger partial charge in [-0.15, -0.1) is 0 Å². The van der Waals surface area contributed by atoms with Gasteiger partial charge in [0.2, 0.25) is 0 Å².